The predicted octanol–water partition coefficient (Wildman–Crippen LogP) is 0.871. The van der Waals surface area contributed by atoms with E-state index in [1.807, 2.05) is 13.8 Å². The summed E-state index contributed by atoms with van der Waals surface area (Å²) in [4.78, 5) is 12.0. The predicted molar refractivity (Wildman–Crippen MR) is 41.8 cm³/mol. The van der Waals surface area contributed by atoms with Crippen LogP contribution in [0.15, 0.2) is 11.8 Å². The van der Waals surface area contributed by atoms with Crippen LogP contribution >= 0.6 is 0 Å². The summed E-state index contributed by atoms with van der Waals surface area (Å²) in [5, 5.41) is 10.3. The van der Waals surface area contributed by atoms with E-state index in [1.165, 1.54) is 0 Å². The molecule has 4 nitrogen and oxygen atoms in total. The van der Waals surface area contributed by atoms with Crippen LogP contribution in [0.4, 0.5) is 0 Å². The van der Waals surface area contributed by atoms with Gasteiger partial charge in [-0.1, -0.05) is 0 Å². The van der Waals surface area contributed by atoms with Crippen LogP contribution in [0.25, 0.3) is 0 Å². The van der Waals surface area contributed by atoms with E-state index in [0.717, 1.165) is 0 Å². The highest BCUT2D eigenvalue weighted by molar-refractivity contribution is 5.04. The zero-order valence-electron chi connectivity index (χ0n) is 6.78. The van der Waals surface area contributed by atoms with Crippen LogP contribution in [0.3, 0.4) is 0 Å². The number of nitrogens with zero attached hydrogens (tertiary/aromatic N) is 2. The highest BCUT2D eigenvalue weighted by Crippen LogP contribution is 2.11. The molecule has 62 valence electrons. The van der Waals surface area contributed by atoms with E-state index < -0.39 is 0 Å². The molecule has 0 aromatic heterocycles. The van der Waals surface area contributed by atoms with Crippen LogP contribution in [0.1, 0.15) is 13.8 Å². The molecule has 0 unspecified atom stereocenters. The fraction of sp³-hybridized carbons (Fsp3) is 0.714. The quantitative estimate of drug-likeness (QED) is 0.440. The maximum Gasteiger partial charge on any atom is 0.257 e. The maximum absolute atomic E-state index is 10.3. The fourth-order valence-corrected chi connectivity index (χ4v) is 1.09. The van der Waals surface area contributed by atoms with Crippen molar-refractivity contribution in [1.29, 1.82) is 0 Å². The van der Waals surface area contributed by atoms with Gasteiger partial charge in [-0.3, -0.25) is 15.0 Å². The monoisotopic (exact) mass is 156 g/mol. The maximum atomic E-state index is 10.3. The Morgan fingerprint density at radius 1 is 1.73 bits per heavy atom. The molecule has 0 saturated carbocycles. The molecule has 0 aromatic rings. The number of hydrogen-bond acceptors (Lipinski definition) is 3. The zero-order valence-corrected chi connectivity index (χ0v) is 6.78. The summed E-state index contributed by atoms with van der Waals surface area (Å²) in [5.41, 5.74) is 0.332. The number of hydrogen-bond donors (Lipinski definition) is 0. The Balaban J connectivity index is 2.49. The third-order valence-electron chi connectivity index (χ3n) is 1.89. The van der Waals surface area contributed by atoms with Gasteiger partial charge in [-0.25, -0.2) is 0 Å². The molecule has 1 aliphatic rings. The van der Waals surface area contributed by atoms with Gasteiger partial charge in [0.05, 0.1) is 11.5 Å². The molecule has 0 atom stereocenters. The molecule has 0 aliphatic carbocycles. The minimum atomic E-state index is -0.303. The highest BCUT2D eigenvalue weighted by Gasteiger charge is 2.23. The Bertz CT molecular complexity index is 199. The molecule has 0 fully saturated rings. The summed E-state index contributed by atoms with van der Waals surface area (Å²) < 4.78 is 0. The van der Waals surface area contributed by atoms with Crippen molar-refractivity contribution in [3.05, 3.63) is 21.9 Å². The molecule has 1 aliphatic heterocycles. The van der Waals surface area contributed by atoms with Gasteiger partial charge in [0.1, 0.15) is 0 Å². The smallest absolute Gasteiger partial charge is 0.257 e. The van der Waals surface area contributed by atoms with Gasteiger partial charge >= 0.3 is 0 Å². The first-order valence-electron chi connectivity index (χ1n) is 3.68. The molecule has 0 radical (unpaired) electrons. The average Bonchev–Trinajstić information content (AvgIpc) is 2.33. The van der Waals surface area contributed by atoms with Crippen molar-refractivity contribution >= 4 is 0 Å². The summed E-state index contributed by atoms with van der Waals surface area (Å²) in [6.07, 6.45) is 1.68. The van der Waals surface area contributed by atoms with Crippen molar-refractivity contribution < 1.29 is 4.92 Å². The zero-order chi connectivity index (χ0) is 8.43. The second kappa shape index (κ2) is 3.00. The Morgan fingerprint density at radius 2 is 2.36 bits per heavy atom. The minimum Gasteiger partial charge on any atom is -0.287 e. The average molecular weight is 156 g/mol. The standard InChI is InChI=1S/C7H12N2O2/c1-6(2)8-4-3-7(5-8)9(10)11/h3,6H,4-5H2,1-2H3. The topological polar surface area (TPSA) is 46.4 Å². The van der Waals surface area contributed by atoms with Gasteiger partial charge in [-0.15, -0.1) is 0 Å². The van der Waals surface area contributed by atoms with E-state index in [4.69, 9.17) is 0 Å². The Labute approximate surface area is 65.6 Å². The summed E-state index contributed by atoms with van der Waals surface area (Å²) >= 11 is 0. The molecule has 4 heteroatoms. The molecule has 0 saturated heterocycles. The first-order valence-corrected chi connectivity index (χ1v) is 3.68. The lowest BCUT2D eigenvalue weighted by atomic mass is 10.3. The normalized spacial score (nSPS) is 19.0. The Kier molecular flexibility index (Phi) is 2.24. The Morgan fingerprint density at radius 3 is 2.64 bits per heavy atom. The molecular weight excluding hydrogens is 144 g/mol. The molecule has 0 amide bonds. The van der Waals surface area contributed by atoms with Crippen molar-refractivity contribution in [2.24, 2.45) is 0 Å². The SMILES string of the molecule is CC(C)N1CC=C([N+](=O)[O-])C1. The molecule has 11 heavy (non-hydrogen) atoms. The van der Waals surface area contributed by atoms with Gasteiger partial charge in [0.2, 0.25) is 0 Å². The summed E-state index contributed by atoms with van der Waals surface area (Å²) in [7, 11) is 0. The second-order valence-electron chi connectivity index (χ2n) is 2.98. The van der Waals surface area contributed by atoms with Crippen LogP contribution in [0, 0.1) is 10.1 Å². The van der Waals surface area contributed by atoms with Crippen molar-refractivity contribution in [1.82, 2.24) is 4.90 Å². The van der Waals surface area contributed by atoms with E-state index in [0.29, 0.717) is 24.8 Å². The molecule has 0 N–H and O–H groups in total. The lowest BCUT2D eigenvalue weighted by Gasteiger charge is -2.17. The third kappa shape index (κ3) is 1.77. The first kappa shape index (κ1) is 8.20. The molecule has 1 heterocycles. The van der Waals surface area contributed by atoms with Gasteiger partial charge in [-0.2, -0.15) is 0 Å². The number of rotatable bonds is 2. The van der Waals surface area contributed by atoms with Crippen molar-refractivity contribution in [3.63, 3.8) is 0 Å². The minimum absolute atomic E-state index is 0.303. The fourth-order valence-electron chi connectivity index (χ4n) is 1.09. The van der Waals surface area contributed by atoms with Gasteiger partial charge < -0.3 is 0 Å². The molecule has 0 bridgehead atoms. The van der Waals surface area contributed by atoms with Crippen molar-refractivity contribution in [2.45, 2.75) is 19.9 Å². The van der Waals surface area contributed by atoms with E-state index in [1.54, 1.807) is 6.08 Å². The van der Waals surface area contributed by atoms with Gasteiger partial charge in [0.15, 0.2) is 0 Å². The molecule has 1 rings (SSSR count). The summed E-state index contributed by atoms with van der Waals surface area (Å²) in [6, 6.07) is 0.392. The Hall–Kier alpha value is -0.900. The van der Waals surface area contributed by atoms with Crippen LogP contribution in [0.5, 0.6) is 0 Å². The van der Waals surface area contributed by atoms with Gasteiger partial charge in [0, 0.05) is 18.7 Å². The lowest BCUT2D eigenvalue weighted by molar-refractivity contribution is -0.426. The van der Waals surface area contributed by atoms with Crippen molar-refractivity contribution in [2.75, 3.05) is 13.1 Å². The van der Waals surface area contributed by atoms with E-state index in [9.17, 15) is 10.1 Å². The van der Waals surface area contributed by atoms with Crippen LogP contribution < -0.4 is 0 Å². The number of nitro groups is 1. The highest BCUT2D eigenvalue weighted by atomic mass is 16.6. The molecule has 0 aromatic carbocycles. The lowest BCUT2D eigenvalue weighted by Crippen LogP contribution is -2.29. The van der Waals surface area contributed by atoms with Gasteiger partial charge in [-0.05, 0) is 13.8 Å². The first-order chi connectivity index (χ1) is 5.11. The van der Waals surface area contributed by atoms with Crippen molar-refractivity contribution in [3.8, 4) is 0 Å². The van der Waals surface area contributed by atoms with Gasteiger partial charge in [0.25, 0.3) is 5.70 Å². The van der Waals surface area contributed by atoms with E-state index in [2.05, 4.69) is 4.90 Å². The van der Waals surface area contributed by atoms with Crippen LogP contribution in [-0.2, 0) is 0 Å². The molecule has 0 spiro atoms. The van der Waals surface area contributed by atoms with Crippen LogP contribution in [-0.4, -0.2) is 29.0 Å². The van der Waals surface area contributed by atoms with E-state index >= 15 is 0 Å². The van der Waals surface area contributed by atoms with E-state index in [-0.39, 0.29) is 4.92 Å². The summed E-state index contributed by atoms with van der Waals surface area (Å²) in [5.74, 6) is 0. The third-order valence-corrected chi connectivity index (χ3v) is 1.89. The molecular formula is C7H12N2O2. The second-order valence-corrected chi connectivity index (χ2v) is 2.98. The largest absolute Gasteiger partial charge is 0.287 e. The summed E-state index contributed by atoms with van der Waals surface area (Å²) in [6.45, 7) is 5.28. The van der Waals surface area contributed by atoms with Crippen LogP contribution in [0.2, 0.25) is 0 Å².